The van der Waals surface area contributed by atoms with Gasteiger partial charge in [-0.3, -0.25) is 14.5 Å². The Labute approximate surface area is 101 Å². The van der Waals surface area contributed by atoms with Gasteiger partial charge in [0.2, 0.25) is 11.8 Å². The number of imide groups is 1. The first-order valence-electron chi connectivity index (χ1n) is 5.92. The lowest BCUT2D eigenvalue weighted by molar-refractivity contribution is -0.139. The van der Waals surface area contributed by atoms with Crippen molar-refractivity contribution in [1.29, 1.82) is 0 Å². The summed E-state index contributed by atoms with van der Waals surface area (Å²) >= 11 is 0. The van der Waals surface area contributed by atoms with Crippen molar-refractivity contribution in [2.45, 2.75) is 26.7 Å². The smallest absolute Gasteiger partial charge is 0.314 e. The molecule has 0 aromatic rings. The largest absolute Gasteiger partial charge is 0.338 e. The van der Waals surface area contributed by atoms with Crippen LogP contribution in [0, 0.1) is 5.92 Å². The molecule has 1 saturated heterocycles. The Hall–Kier alpha value is -1.59. The lowest BCUT2D eigenvalue weighted by atomic mass is 10.1. The van der Waals surface area contributed by atoms with Crippen molar-refractivity contribution in [2.75, 3.05) is 19.6 Å². The average molecular weight is 241 g/mol. The molecule has 1 aliphatic rings. The molecule has 6 heteroatoms. The number of hydrogen-bond acceptors (Lipinski definition) is 3. The van der Waals surface area contributed by atoms with Crippen molar-refractivity contribution < 1.29 is 14.4 Å². The summed E-state index contributed by atoms with van der Waals surface area (Å²) in [6, 6.07) is -0.265. The Kier molecular flexibility index (Phi) is 4.93. The van der Waals surface area contributed by atoms with Gasteiger partial charge in [0.1, 0.15) is 0 Å². The van der Waals surface area contributed by atoms with E-state index in [1.807, 2.05) is 6.92 Å². The minimum absolute atomic E-state index is 0.147. The van der Waals surface area contributed by atoms with Crippen LogP contribution in [0.3, 0.4) is 0 Å². The van der Waals surface area contributed by atoms with Crippen molar-refractivity contribution >= 4 is 17.8 Å². The summed E-state index contributed by atoms with van der Waals surface area (Å²) in [5.41, 5.74) is 0. The molecule has 6 nitrogen and oxygen atoms in total. The van der Waals surface area contributed by atoms with Crippen LogP contribution in [-0.2, 0) is 9.59 Å². The molecule has 0 aromatic heterocycles. The van der Waals surface area contributed by atoms with Gasteiger partial charge < -0.3 is 10.6 Å². The molecule has 0 bridgehead atoms. The van der Waals surface area contributed by atoms with Crippen LogP contribution < -0.4 is 10.6 Å². The maximum absolute atomic E-state index is 11.5. The van der Waals surface area contributed by atoms with Crippen LogP contribution in [0.4, 0.5) is 4.79 Å². The molecule has 1 aliphatic heterocycles. The lowest BCUT2D eigenvalue weighted by Gasteiger charge is -2.14. The maximum atomic E-state index is 11.5. The van der Waals surface area contributed by atoms with Crippen LogP contribution in [0.15, 0.2) is 0 Å². The molecule has 0 radical (unpaired) electrons. The minimum atomic E-state index is -0.265. The number of nitrogens with zero attached hydrogens (tertiary/aromatic N) is 1. The van der Waals surface area contributed by atoms with Crippen molar-refractivity contribution in [3.8, 4) is 0 Å². The number of rotatable bonds is 5. The minimum Gasteiger partial charge on any atom is -0.338 e. The zero-order valence-electron chi connectivity index (χ0n) is 10.3. The normalized spacial score (nSPS) is 19.6. The molecule has 1 heterocycles. The van der Waals surface area contributed by atoms with Crippen LogP contribution in [-0.4, -0.2) is 42.4 Å². The fourth-order valence-electron chi connectivity index (χ4n) is 1.67. The van der Waals surface area contributed by atoms with Crippen LogP contribution in [0.25, 0.3) is 0 Å². The Morgan fingerprint density at radius 1 is 1.35 bits per heavy atom. The predicted octanol–water partition coefficient (Wildman–Crippen LogP) is 0.0906. The van der Waals surface area contributed by atoms with Gasteiger partial charge in [-0.25, -0.2) is 4.79 Å². The summed E-state index contributed by atoms with van der Waals surface area (Å²) in [5.74, 6) is -0.527. The number of hydrogen-bond donors (Lipinski definition) is 2. The monoisotopic (exact) mass is 241 g/mol. The van der Waals surface area contributed by atoms with Gasteiger partial charge in [-0.05, 0) is 6.42 Å². The molecule has 17 heavy (non-hydrogen) atoms. The second kappa shape index (κ2) is 6.22. The highest BCUT2D eigenvalue weighted by molar-refractivity contribution is 6.03. The molecule has 1 fully saturated rings. The van der Waals surface area contributed by atoms with Gasteiger partial charge in [0.25, 0.3) is 0 Å². The number of urea groups is 1. The van der Waals surface area contributed by atoms with E-state index in [0.29, 0.717) is 13.1 Å². The number of likely N-dealkylation sites (tertiary alicyclic amines) is 1. The highest BCUT2D eigenvalue weighted by Gasteiger charge is 2.34. The second-order valence-corrected chi connectivity index (χ2v) is 4.17. The molecule has 0 aliphatic carbocycles. The first-order chi connectivity index (χ1) is 8.06. The quantitative estimate of drug-likeness (QED) is 0.670. The third-order valence-electron chi connectivity index (χ3n) is 2.63. The van der Waals surface area contributed by atoms with E-state index in [-0.39, 0.29) is 36.7 Å². The van der Waals surface area contributed by atoms with Crippen LogP contribution >= 0.6 is 0 Å². The van der Waals surface area contributed by atoms with E-state index < -0.39 is 0 Å². The Balaban J connectivity index is 2.25. The molecule has 4 amide bonds. The SMILES string of the molecule is CCCNC(=O)NCCN1C(=O)CC(C)C1=O. The molecule has 1 atom stereocenters. The summed E-state index contributed by atoms with van der Waals surface area (Å²) in [7, 11) is 0. The van der Waals surface area contributed by atoms with E-state index >= 15 is 0 Å². The summed E-state index contributed by atoms with van der Waals surface area (Å²) in [4.78, 5) is 35.4. The third-order valence-corrected chi connectivity index (χ3v) is 2.63. The maximum Gasteiger partial charge on any atom is 0.314 e. The number of carbonyl (C=O) groups excluding carboxylic acids is 3. The number of amides is 4. The highest BCUT2D eigenvalue weighted by Crippen LogP contribution is 2.17. The van der Waals surface area contributed by atoms with Crippen LogP contribution in [0.1, 0.15) is 26.7 Å². The topological polar surface area (TPSA) is 78.5 Å². The predicted molar refractivity (Wildman–Crippen MR) is 62.2 cm³/mol. The van der Waals surface area contributed by atoms with Gasteiger partial charge >= 0.3 is 6.03 Å². The van der Waals surface area contributed by atoms with Gasteiger partial charge in [0.05, 0.1) is 0 Å². The van der Waals surface area contributed by atoms with Crippen LogP contribution in [0.5, 0.6) is 0 Å². The van der Waals surface area contributed by atoms with Gasteiger partial charge in [0.15, 0.2) is 0 Å². The van der Waals surface area contributed by atoms with Crippen molar-refractivity contribution in [3.63, 3.8) is 0 Å². The Morgan fingerprint density at radius 3 is 2.53 bits per heavy atom. The van der Waals surface area contributed by atoms with Gasteiger partial charge in [-0.15, -0.1) is 0 Å². The molecule has 0 spiro atoms. The van der Waals surface area contributed by atoms with Crippen LogP contribution in [0.2, 0.25) is 0 Å². The van der Waals surface area contributed by atoms with E-state index in [0.717, 1.165) is 6.42 Å². The fourth-order valence-corrected chi connectivity index (χ4v) is 1.67. The average Bonchev–Trinajstić information content (AvgIpc) is 2.53. The number of carbonyl (C=O) groups is 3. The summed E-state index contributed by atoms with van der Waals surface area (Å²) in [6.07, 6.45) is 1.15. The standard InChI is InChI=1S/C11H19N3O3/c1-3-4-12-11(17)13-5-6-14-9(15)7-8(2)10(14)16/h8H,3-7H2,1-2H3,(H2,12,13,17). The highest BCUT2D eigenvalue weighted by atomic mass is 16.2. The van der Waals surface area contributed by atoms with E-state index in [1.165, 1.54) is 4.90 Å². The lowest BCUT2D eigenvalue weighted by Crippen LogP contribution is -2.42. The summed E-state index contributed by atoms with van der Waals surface area (Å²) < 4.78 is 0. The zero-order valence-corrected chi connectivity index (χ0v) is 10.3. The van der Waals surface area contributed by atoms with Gasteiger partial charge in [-0.2, -0.15) is 0 Å². The van der Waals surface area contributed by atoms with E-state index in [2.05, 4.69) is 10.6 Å². The molecular weight excluding hydrogens is 222 g/mol. The van der Waals surface area contributed by atoms with Crippen molar-refractivity contribution in [2.24, 2.45) is 5.92 Å². The van der Waals surface area contributed by atoms with Gasteiger partial charge in [-0.1, -0.05) is 13.8 Å². The zero-order chi connectivity index (χ0) is 12.8. The van der Waals surface area contributed by atoms with Crippen molar-refractivity contribution in [1.82, 2.24) is 15.5 Å². The Bertz CT molecular complexity index is 317. The Morgan fingerprint density at radius 2 is 2.00 bits per heavy atom. The molecule has 0 saturated carbocycles. The number of nitrogens with one attached hydrogen (secondary N) is 2. The molecule has 1 unspecified atom stereocenters. The third kappa shape index (κ3) is 3.72. The van der Waals surface area contributed by atoms with E-state index in [1.54, 1.807) is 6.92 Å². The summed E-state index contributed by atoms with van der Waals surface area (Å²) in [5, 5.41) is 5.25. The summed E-state index contributed by atoms with van der Waals surface area (Å²) in [6.45, 7) is 4.86. The van der Waals surface area contributed by atoms with Crippen molar-refractivity contribution in [3.05, 3.63) is 0 Å². The molecular formula is C11H19N3O3. The van der Waals surface area contributed by atoms with Gasteiger partial charge in [0, 0.05) is 32.0 Å². The first-order valence-corrected chi connectivity index (χ1v) is 5.92. The molecule has 0 aromatic carbocycles. The van der Waals surface area contributed by atoms with E-state index in [9.17, 15) is 14.4 Å². The second-order valence-electron chi connectivity index (χ2n) is 4.17. The fraction of sp³-hybridized carbons (Fsp3) is 0.727. The molecule has 2 N–H and O–H groups in total. The van der Waals surface area contributed by atoms with E-state index in [4.69, 9.17) is 0 Å². The molecule has 1 rings (SSSR count). The first kappa shape index (κ1) is 13.5. The molecule has 96 valence electrons.